The van der Waals surface area contributed by atoms with Gasteiger partial charge in [-0.3, -0.25) is 0 Å². The lowest BCUT2D eigenvalue weighted by Gasteiger charge is -2.15. The fourth-order valence-corrected chi connectivity index (χ4v) is 1.71. The molecule has 0 radical (unpaired) electrons. The van der Waals surface area contributed by atoms with Crippen molar-refractivity contribution in [3.8, 4) is 0 Å². The highest BCUT2D eigenvalue weighted by Gasteiger charge is 2.07. The van der Waals surface area contributed by atoms with Gasteiger partial charge in [-0.25, -0.2) is 4.79 Å². The molecule has 94 valence electrons. The van der Waals surface area contributed by atoms with Crippen molar-refractivity contribution in [2.75, 3.05) is 20.7 Å². The number of amides is 1. The first-order valence-corrected chi connectivity index (χ1v) is 6.04. The third-order valence-electron chi connectivity index (χ3n) is 2.78. The van der Waals surface area contributed by atoms with Crippen LogP contribution in [0.4, 0.5) is 4.79 Å². The highest BCUT2D eigenvalue weighted by molar-refractivity contribution is 5.66. The molecule has 3 nitrogen and oxygen atoms in total. The molecule has 1 rings (SSSR count). The summed E-state index contributed by atoms with van der Waals surface area (Å²) in [6.45, 7) is 2.86. The Labute approximate surface area is 103 Å². The van der Waals surface area contributed by atoms with E-state index in [1.54, 1.807) is 11.9 Å². The molecule has 17 heavy (non-hydrogen) atoms. The molecular formula is C14H21NO2. The zero-order valence-electron chi connectivity index (χ0n) is 10.9. The average molecular weight is 235 g/mol. The van der Waals surface area contributed by atoms with Gasteiger partial charge in [-0.2, -0.15) is 0 Å². The average Bonchev–Trinajstić information content (AvgIpc) is 2.37. The molecule has 0 bridgehead atoms. The molecule has 0 aromatic heterocycles. The molecule has 0 aliphatic carbocycles. The van der Waals surface area contributed by atoms with Gasteiger partial charge in [0.25, 0.3) is 0 Å². The van der Waals surface area contributed by atoms with Crippen molar-refractivity contribution in [2.45, 2.75) is 26.2 Å². The Hall–Kier alpha value is -1.51. The Morgan fingerprint density at radius 3 is 2.18 bits per heavy atom. The molecule has 0 unspecified atom stereocenters. The second-order valence-electron chi connectivity index (χ2n) is 4.21. The van der Waals surface area contributed by atoms with Gasteiger partial charge in [0, 0.05) is 13.6 Å². The van der Waals surface area contributed by atoms with E-state index in [2.05, 4.69) is 35.9 Å². The maximum atomic E-state index is 11.2. The van der Waals surface area contributed by atoms with Gasteiger partial charge >= 0.3 is 6.09 Å². The topological polar surface area (TPSA) is 29.5 Å². The largest absolute Gasteiger partial charge is 0.453 e. The van der Waals surface area contributed by atoms with Gasteiger partial charge in [0.05, 0.1) is 7.11 Å². The van der Waals surface area contributed by atoms with Crippen LogP contribution < -0.4 is 0 Å². The van der Waals surface area contributed by atoms with Gasteiger partial charge in [-0.15, -0.1) is 0 Å². The molecule has 0 aliphatic heterocycles. The van der Waals surface area contributed by atoms with E-state index in [0.29, 0.717) is 6.54 Å². The lowest BCUT2D eigenvalue weighted by atomic mass is 10.1. The van der Waals surface area contributed by atoms with E-state index in [9.17, 15) is 4.79 Å². The summed E-state index contributed by atoms with van der Waals surface area (Å²) in [7, 11) is 3.15. The third kappa shape index (κ3) is 4.47. The Morgan fingerprint density at radius 1 is 1.18 bits per heavy atom. The van der Waals surface area contributed by atoms with E-state index in [1.165, 1.54) is 24.7 Å². The summed E-state index contributed by atoms with van der Waals surface area (Å²) < 4.78 is 4.64. The predicted octanol–water partition coefficient (Wildman–Crippen LogP) is 2.88. The summed E-state index contributed by atoms with van der Waals surface area (Å²) in [6, 6.07) is 8.60. The first-order chi connectivity index (χ1) is 8.17. The van der Waals surface area contributed by atoms with Crippen molar-refractivity contribution in [1.82, 2.24) is 4.90 Å². The molecule has 0 N–H and O–H groups in total. The number of benzene rings is 1. The minimum Gasteiger partial charge on any atom is -0.453 e. The third-order valence-corrected chi connectivity index (χ3v) is 2.78. The highest BCUT2D eigenvalue weighted by Crippen LogP contribution is 2.07. The maximum Gasteiger partial charge on any atom is 0.409 e. The van der Waals surface area contributed by atoms with Gasteiger partial charge in [0.15, 0.2) is 0 Å². The van der Waals surface area contributed by atoms with Crippen LogP contribution in [0.3, 0.4) is 0 Å². The molecule has 0 saturated carbocycles. The zero-order valence-corrected chi connectivity index (χ0v) is 10.9. The van der Waals surface area contributed by atoms with Crippen LogP contribution >= 0.6 is 0 Å². The summed E-state index contributed by atoms with van der Waals surface area (Å²) in [5.74, 6) is 0. The molecule has 0 spiro atoms. The molecule has 0 heterocycles. The fraction of sp³-hybridized carbons (Fsp3) is 0.500. The number of carbonyl (C=O) groups excluding carboxylic acids is 1. The second-order valence-corrected chi connectivity index (χ2v) is 4.21. The van der Waals surface area contributed by atoms with E-state index >= 15 is 0 Å². The fourth-order valence-electron chi connectivity index (χ4n) is 1.71. The molecule has 1 aromatic rings. The number of ether oxygens (including phenoxy) is 1. The minimum absolute atomic E-state index is 0.285. The molecule has 1 aromatic carbocycles. The monoisotopic (exact) mass is 235 g/mol. The van der Waals surface area contributed by atoms with Crippen LogP contribution in [0.1, 0.15) is 24.5 Å². The van der Waals surface area contributed by atoms with Crippen LogP contribution in [0, 0.1) is 0 Å². The van der Waals surface area contributed by atoms with Gasteiger partial charge in [-0.05, 0) is 24.0 Å². The first kappa shape index (κ1) is 13.6. The first-order valence-electron chi connectivity index (χ1n) is 6.04. The molecule has 3 heteroatoms. The van der Waals surface area contributed by atoms with Gasteiger partial charge < -0.3 is 9.64 Å². The molecule has 0 atom stereocenters. The van der Waals surface area contributed by atoms with E-state index in [1.807, 2.05) is 0 Å². The summed E-state index contributed by atoms with van der Waals surface area (Å²) in [6.07, 6.45) is 2.87. The number of carbonyl (C=O) groups is 1. The number of hydrogen-bond donors (Lipinski definition) is 0. The van der Waals surface area contributed by atoms with E-state index in [-0.39, 0.29) is 6.09 Å². The van der Waals surface area contributed by atoms with Gasteiger partial charge in [0.1, 0.15) is 0 Å². The predicted molar refractivity (Wildman–Crippen MR) is 69.2 cm³/mol. The maximum absolute atomic E-state index is 11.2. The number of methoxy groups -OCH3 is 1. The van der Waals surface area contributed by atoms with Crippen LogP contribution in [0.15, 0.2) is 24.3 Å². The molecule has 0 aliphatic rings. The van der Waals surface area contributed by atoms with Gasteiger partial charge in [-0.1, -0.05) is 37.6 Å². The normalized spacial score (nSPS) is 10.1. The van der Waals surface area contributed by atoms with Crippen LogP contribution in [0.5, 0.6) is 0 Å². The number of nitrogens with zero attached hydrogens (tertiary/aromatic N) is 1. The Balaban J connectivity index is 2.44. The number of hydrogen-bond acceptors (Lipinski definition) is 2. The van der Waals surface area contributed by atoms with Crippen molar-refractivity contribution < 1.29 is 9.53 Å². The summed E-state index contributed by atoms with van der Waals surface area (Å²) in [5.41, 5.74) is 2.62. The lowest BCUT2D eigenvalue weighted by Crippen LogP contribution is -2.28. The quantitative estimate of drug-likeness (QED) is 0.785. The zero-order chi connectivity index (χ0) is 12.7. The summed E-state index contributed by atoms with van der Waals surface area (Å²) in [4.78, 5) is 12.8. The van der Waals surface area contributed by atoms with Gasteiger partial charge in [0.2, 0.25) is 0 Å². The Morgan fingerprint density at radius 2 is 1.71 bits per heavy atom. The van der Waals surface area contributed by atoms with Crippen molar-refractivity contribution in [3.63, 3.8) is 0 Å². The second kappa shape index (κ2) is 6.94. The van der Waals surface area contributed by atoms with E-state index in [4.69, 9.17) is 0 Å². The van der Waals surface area contributed by atoms with Crippen molar-refractivity contribution >= 4 is 6.09 Å². The van der Waals surface area contributed by atoms with Crippen molar-refractivity contribution in [1.29, 1.82) is 0 Å². The van der Waals surface area contributed by atoms with Crippen LogP contribution in [-0.2, 0) is 17.6 Å². The smallest absolute Gasteiger partial charge is 0.409 e. The summed E-state index contributed by atoms with van der Waals surface area (Å²) in [5, 5.41) is 0. The van der Waals surface area contributed by atoms with Crippen LogP contribution in [0.2, 0.25) is 0 Å². The van der Waals surface area contributed by atoms with Crippen LogP contribution in [-0.4, -0.2) is 31.7 Å². The number of aryl methyl sites for hydroxylation is 1. The van der Waals surface area contributed by atoms with Crippen molar-refractivity contribution in [3.05, 3.63) is 35.4 Å². The van der Waals surface area contributed by atoms with E-state index in [0.717, 1.165) is 12.8 Å². The minimum atomic E-state index is -0.285. The molecule has 0 fully saturated rings. The summed E-state index contributed by atoms with van der Waals surface area (Å²) >= 11 is 0. The molecule has 1 amide bonds. The van der Waals surface area contributed by atoms with Crippen LogP contribution in [0.25, 0.3) is 0 Å². The van der Waals surface area contributed by atoms with E-state index < -0.39 is 0 Å². The number of likely N-dealkylation sites (N-methyl/N-ethyl adjacent to an activating group) is 1. The van der Waals surface area contributed by atoms with Crippen molar-refractivity contribution in [2.24, 2.45) is 0 Å². The SMILES string of the molecule is CCCc1ccc(CCN(C)C(=O)OC)cc1. The Kier molecular flexibility index (Phi) is 5.53. The number of rotatable bonds is 5. The standard InChI is InChI=1S/C14H21NO2/c1-4-5-12-6-8-13(9-7-12)10-11-15(2)14(16)17-3/h6-9H,4-5,10-11H2,1-3H3. The molecular weight excluding hydrogens is 214 g/mol. The Bertz CT molecular complexity index is 346. The lowest BCUT2D eigenvalue weighted by molar-refractivity contribution is 0.134. The highest BCUT2D eigenvalue weighted by atomic mass is 16.5. The molecule has 0 saturated heterocycles.